The molecule has 4 aliphatic rings. The van der Waals surface area contributed by atoms with Gasteiger partial charge in [-0.25, -0.2) is 4.79 Å². The smallest absolute Gasteiger partial charge is 0.338 e. The monoisotopic (exact) mass is 341 g/mol. The minimum absolute atomic E-state index is 0.209. The highest BCUT2D eigenvalue weighted by atomic mass is 16.5. The van der Waals surface area contributed by atoms with E-state index in [2.05, 4.69) is 4.90 Å². The summed E-state index contributed by atoms with van der Waals surface area (Å²) in [6.07, 6.45) is 11.0. The van der Waals surface area contributed by atoms with Gasteiger partial charge in [0.2, 0.25) is 0 Å². The Bertz CT molecular complexity index is 682. The van der Waals surface area contributed by atoms with Gasteiger partial charge >= 0.3 is 5.97 Å². The van der Waals surface area contributed by atoms with Crippen molar-refractivity contribution in [2.45, 2.75) is 70.1 Å². The third-order valence-corrected chi connectivity index (χ3v) is 6.93. The van der Waals surface area contributed by atoms with E-state index in [9.17, 15) is 4.79 Å². The average molecular weight is 341 g/mol. The number of piperidine rings is 1. The minimum atomic E-state index is -0.209. The summed E-state index contributed by atoms with van der Waals surface area (Å²) in [6.45, 7) is 2.90. The normalized spacial score (nSPS) is 30.8. The standard InChI is InChI=1S/C21H27NO3/c23-20-17-7-6-16(12-15(17)13-24-20)25-19-5-1-4-18(19)22-11-3-10-21(14-22)8-2-9-21/h6-7,12,18-19H,1-5,8-11,13-14H2. The highest BCUT2D eigenvalue weighted by Crippen LogP contribution is 2.48. The van der Waals surface area contributed by atoms with Crippen molar-refractivity contribution >= 4 is 5.97 Å². The average Bonchev–Trinajstić information content (AvgIpc) is 3.21. The van der Waals surface area contributed by atoms with E-state index in [4.69, 9.17) is 9.47 Å². The zero-order chi connectivity index (χ0) is 16.9. The van der Waals surface area contributed by atoms with Crippen LogP contribution < -0.4 is 4.74 Å². The zero-order valence-corrected chi connectivity index (χ0v) is 14.8. The van der Waals surface area contributed by atoms with Crippen LogP contribution in [-0.4, -0.2) is 36.1 Å². The van der Waals surface area contributed by atoms with Gasteiger partial charge < -0.3 is 9.47 Å². The molecule has 5 rings (SSSR count). The first-order valence-corrected chi connectivity index (χ1v) is 9.93. The van der Waals surface area contributed by atoms with Gasteiger partial charge in [0.1, 0.15) is 18.5 Å². The molecule has 0 aromatic heterocycles. The van der Waals surface area contributed by atoms with Gasteiger partial charge in [-0.2, -0.15) is 0 Å². The van der Waals surface area contributed by atoms with Crippen LogP contribution in [0.25, 0.3) is 0 Å². The number of fused-ring (bicyclic) bond motifs is 1. The maximum atomic E-state index is 11.6. The molecule has 1 aromatic carbocycles. The molecule has 0 N–H and O–H groups in total. The molecule has 4 nitrogen and oxygen atoms in total. The number of hydrogen-bond acceptors (Lipinski definition) is 4. The number of ether oxygens (including phenoxy) is 2. The molecule has 2 heterocycles. The Morgan fingerprint density at radius 2 is 2.00 bits per heavy atom. The van der Waals surface area contributed by atoms with E-state index in [0.29, 0.717) is 23.6 Å². The fraction of sp³-hybridized carbons (Fsp3) is 0.667. The molecular weight excluding hydrogens is 314 g/mol. The van der Waals surface area contributed by atoms with Crippen LogP contribution in [0.2, 0.25) is 0 Å². The molecule has 1 aromatic rings. The first kappa shape index (κ1) is 15.7. The Morgan fingerprint density at radius 1 is 1.12 bits per heavy atom. The van der Waals surface area contributed by atoms with Gasteiger partial charge in [0.25, 0.3) is 0 Å². The summed E-state index contributed by atoms with van der Waals surface area (Å²) in [5, 5.41) is 0. The fourth-order valence-corrected chi connectivity index (χ4v) is 5.43. The molecule has 2 aliphatic carbocycles. The molecule has 2 aliphatic heterocycles. The molecule has 0 bridgehead atoms. The van der Waals surface area contributed by atoms with Crippen LogP contribution in [0.5, 0.6) is 5.75 Å². The molecule has 0 radical (unpaired) electrons. The van der Waals surface area contributed by atoms with E-state index in [1.54, 1.807) is 0 Å². The van der Waals surface area contributed by atoms with Crippen molar-refractivity contribution in [3.05, 3.63) is 29.3 Å². The summed E-state index contributed by atoms with van der Waals surface area (Å²) in [6, 6.07) is 6.35. The lowest BCUT2D eigenvalue weighted by Gasteiger charge is -2.51. The SMILES string of the molecule is O=C1OCc2cc(OC3CCCC3N3CCCC4(CCC4)C3)ccc21. The fourth-order valence-electron chi connectivity index (χ4n) is 5.43. The summed E-state index contributed by atoms with van der Waals surface area (Å²) >= 11 is 0. The first-order valence-electron chi connectivity index (χ1n) is 9.93. The predicted molar refractivity (Wildman–Crippen MR) is 94.7 cm³/mol. The molecule has 2 atom stereocenters. The molecule has 3 fully saturated rings. The Labute approximate surface area is 149 Å². The quantitative estimate of drug-likeness (QED) is 0.781. The van der Waals surface area contributed by atoms with Gasteiger partial charge in [0, 0.05) is 18.2 Å². The number of carbonyl (C=O) groups excluding carboxylic acids is 1. The van der Waals surface area contributed by atoms with Gasteiger partial charge in [-0.1, -0.05) is 6.42 Å². The minimum Gasteiger partial charge on any atom is -0.489 e. The Kier molecular flexibility index (Phi) is 3.77. The van der Waals surface area contributed by atoms with Crippen LogP contribution in [0.4, 0.5) is 0 Å². The molecule has 4 heteroatoms. The van der Waals surface area contributed by atoms with E-state index in [-0.39, 0.29) is 12.1 Å². The molecule has 25 heavy (non-hydrogen) atoms. The summed E-state index contributed by atoms with van der Waals surface area (Å²) in [5.74, 6) is 0.684. The van der Waals surface area contributed by atoms with Crippen molar-refractivity contribution in [2.75, 3.05) is 13.1 Å². The van der Waals surface area contributed by atoms with E-state index in [1.165, 1.54) is 58.0 Å². The van der Waals surface area contributed by atoms with Gasteiger partial charge in [-0.15, -0.1) is 0 Å². The molecular formula is C21H27NO3. The molecule has 0 amide bonds. The summed E-state index contributed by atoms with van der Waals surface area (Å²) in [7, 11) is 0. The third kappa shape index (κ3) is 2.75. The third-order valence-electron chi connectivity index (χ3n) is 6.93. The number of carbonyl (C=O) groups is 1. The number of rotatable bonds is 3. The van der Waals surface area contributed by atoms with E-state index >= 15 is 0 Å². The van der Waals surface area contributed by atoms with Crippen molar-refractivity contribution in [1.82, 2.24) is 4.90 Å². The summed E-state index contributed by atoms with van der Waals surface area (Å²) in [5.41, 5.74) is 2.29. The first-order chi connectivity index (χ1) is 12.2. The van der Waals surface area contributed by atoms with E-state index in [0.717, 1.165) is 17.7 Å². The second kappa shape index (κ2) is 6.01. The van der Waals surface area contributed by atoms with Crippen LogP contribution in [-0.2, 0) is 11.3 Å². The van der Waals surface area contributed by atoms with Crippen LogP contribution in [0.3, 0.4) is 0 Å². The van der Waals surface area contributed by atoms with Gasteiger partial charge in [-0.3, -0.25) is 4.90 Å². The van der Waals surface area contributed by atoms with E-state index in [1.807, 2.05) is 18.2 Å². The number of likely N-dealkylation sites (tertiary alicyclic amines) is 1. The second-order valence-corrected chi connectivity index (χ2v) is 8.48. The lowest BCUT2D eigenvalue weighted by atomic mass is 9.64. The van der Waals surface area contributed by atoms with Crippen molar-refractivity contribution in [1.29, 1.82) is 0 Å². The van der Waals surface area contributed by atoms with Crippen molar-refractivity contribution in [3.63, 3.8) is 0 Å². The Balaban J connectivity index is 1.29. The Morgan fingerprint density at radius 3 is 2.84 bits per heavy atom. The predicted octanol–water partition coefficient (Wildman–Crippen LogP) is 3.92. The van der Waals surface area contributed by atoms with Crippen molar-refractivity contribution in [3.8, 4) is 5.75 Å². The van der Waals surface area contributed by atoms with E-state index < -0.39 is 0 Å². The highest BCUT2D eigenvalue weighted by Gasteiger charge is 2.44. The number of benzene rings is 1. The van der Waals surface area contributed by atoms with Crippen molar-refractivity contribution < 1.29 is 14.3 Å². The van der Waals surface area contributed by atoms with Crippen LogP contribution in [0.1, 0.15) is 67.3 Å². The van der Waals surface area contributed by atoms with Gasteiger partial charge in [-0.05, 0) is 75.1 Å². The largest absolute Gasteiger partial charge is 0.489 e. The molecule has 1 spiro atoms. The van der Waals surface area contributed by atoms with Crippen LogP contribution in [0.15, 0.2) is 18.2 Å². The second-order valence-electron chi connectivity index (χ2n) is 8.48. The Hall–Kier alpha value is -1.55. The zero-order valence-electron chi connectivity index (χ0n) is 14.8. The lowest BCUT2D eigenvalue weighted by Crippen LogP contribution is -2.53. The maximum absolute atomic E-state index is 11.6. The topological polar surface area (TPSA) is 38.8 Å². The number of esters is 1. The number of nitrogens with zero attached hydrogens (tertiary/aromatic N) is 1. The van der Waals surface area contributed by atoms with Gasteiger partial charge in [0.15, 0.2) is 0 Å². The lowest BCUT2D eigenvalue weighted by molar-refractivity contribution is -0.0207. The van der Waals surface area contributed by atoms with Crippen LogP contribution in [0, 0.1) is 5.41 Å². The van der Waals surface area contributed by atoms with Crippen LogP contribution >= 0.6 is 0 Å². The van der Waals surface area contributed by atoms with Crippen molar-refractivity contribution in [2.24, 2.45) is 5.41 Å². The summed E-state index contributed by atoms with van der Waals surface area (Å²) < 4.78 is 11.5. The maximum Gasteiger partial charge on any atom is 0.338 e. The molecule has 2 saturated carbocycles. The molecule has 2 unspecified atom stereocenters. The number of hydrogen-bond donors (Lipinski definition) is 0. The molecule has 134 valence electrons. The number of cyclic esters (lactones) is 1. The summed E-state index contributed by atoms with van der Waals surface area (Å²) in [4.78, 5) is 14.3. The van der Waals surface area contributed by atoms with Gasteiger partial charge in [0.05, 0.1) is 5.56 Å². The molecule has 1 saturated heterocycles. The highest BCUT2D eigenvalue weighted by molar-refractivity contribution is 5.93.